The quantitative estimate of drug-likeness (QED) is 0.585. The van der Waals surface area contributed by atoms with Gasteiger partial charge in [0.15, 0.2) is 6.10 Å². The van der Waals surface area contributed by atoms with Gasteiger partial charge in [-0.25, -0.2) is 8.42 Å². The molecular formula is C20H21F3N2O7S. The maximum absolute atomic E-state index is 12.9. The van der Waals surface area contributed by atoms with E-state index in [0.717, 1.165) is 12.1 Å². The number of anilines is 2. The summed E-state index contributed by atoms with van der Waals surface area (Å²) >= 11 is 0. The first-order valence-electron chi connectivity index (χ1n) is 9.73. The lowest BCUT2D eigenvalue weighted by Gasteiger charge is -2.22. The summed E-state index contributed by atoms with van der Waals surface area (Å²) in [6, 6.07) is 8.28. The highest BCUT2D eigenvalue weighted by molar-refractivity contribution is 7.92. The zero-order valence-corrected chi connectivity index (χ0v) is 18.2. The van der Waals surface area contributed by atoms with Gasteiger partial charge in [-0.3, -0.25) is 9.52 Å². The van der Waals surface area contributed by atoms with Crippen LogP contribution in [0.15, 0.2) is 47.4 Å². The molecule has 0 aliphatic carbocycles. The fourth-order valence-electron chi connectivity index (χ4n) is 2.90. The number of halogens is 3. The van der Waals surface area contributed by atoms with Crippen LogP contribution in [0.2, 0.25) is 0 Å². The molecule has 2 aromatic carbocycles. The Morgan fingerprint density at radius 2 is 1.94 bits per heavy atom. The molecule has 0 bridgehead atoms. The molecular weight excluding hydrogens is 469 g/mol. The van der Waals surface area contributed by atoms with Crippen LogP contribution in [0.25, 0.3) is 0 Å². The van der Waals surface area contributed by atoms with Crippen LogP contribution in [-0.4, -0.2) is 53.2 Å². The van der Waals surface area contributed by atoms with Crippen molar-refractivity contribution in [2.75, 3.05) is 36.5 Å². The van der Waals surface area contributed by atoms with Crippen LogP contribution in [0.1, 0.15) is 6.92 Å². The predicted octanol–water partition coefficient (Wildman–Crippen LogP) is 3.14. The maximum atomic E-state index is 12.9. The summed E-state index contributed by atoms with van der Waals surface area (Å²) in [5.74, 6) is -1.11. The summed E-state index contributed by atoms with van der Waals surface area (Å²) in [5, 5.41) is 2.61. The molecule has 180 valence electrons. The third-order valence-electron chi connectivity index (χ3n) is 4.23. The molecule has 0 saturated carbocycles. The smallest absolute Gasteiger partial charge is 0.492 e. The highest BCUT2D eigenvalue weighted by Crippen LogP contribution is 2.31. The molecule has 1 aliphatic heterocycles. The molecule has 3 rings (SSSR count). The Labute approximate surface area is 187 Å². The Hall–Kier alpha value is -3.03. The van der Waals surface area contributed by atoms with E-state index in [0.29, 0.717) is 6.61 Å². The van der Waals surface area contributed by atoms with Gasteiger partial charge in [-0.15, -0.1) is 13.2 Å². The van der Waals surface area contributed by atoms with E-state index in [-0.39, 0.29) is 41.8 Å². The first-order valence-corrected chi connectivity index (χ1v) is 11.2. The van der Waals surface area contributed by atoms with E-state index >= 15 is 0 Å². The van der Waals surface area contributed by atoms with E-state index in [2.05, 4.69) is 14.8 Å². The van der Waals surface area contributed by atoms with Crippen LogP contribution < -0.4 is 19.5 Å². The topological polar surface area (TPSA) is 112 Å². The summed E-state index contributed by atoms with van der Waals surface area (Å²) < 4.78 is 85.0. The van der Waals surface area contributed by atoms with Crippen LogP contribution in [-0.2, 0) is 24.3 Å². The second kappa shape index (κ2) is 10.3. The van der Waals surface area contributed by atoms with E-state index in [9.17, 15) is 26.4 Å². The fraction of sp³-hybridized carbons (Fsp3) is 0.350. The number of amides is 1. The summed E-state index contributed by atoms with van der Waals surface area (Å²) in [6.07, 6.45) is -5.72. The van der Waals surface area contributed by atoms with Crippen molar-refractivity contribution in [2.45, 2.75) is 24.3 Å². The Morgan fingerprint density at radius 3 is 2.61 bits per heavy atom. The molecule has 9 nitrogen and oxygen atoms in total. The zero-order chi connectivity index (χ0) is 24.1. The second-order valence-corrected chi connectivity index (χ2v) is 8.35. The average molecular weight is 490 g/mol. The number of hydrogen-bond donors (Lipinski definition) is 2. The van der Waals surface area contributed by atoms with Gasteiger partial charge in [0.05, 0.1) is 32.1 Å². The number of hydrogen-bond acceptors (Lipinski definition) is 7. The number of ether oxygens (including phenoxy) is 4. The van der Waals surface area contributed by atoms with Gasteiger partial charge in [-0.2, -0.15) is 0 Å². The normalized spacial score (nSPS) is 16.7. The van der Waals surface area contributed by atoms with Crippen molar-refractivity contribution in [3.05, 3.63) is 42.5 Å². The Balaban J connectivity index is 1.80. The van der Waals surface area contributed by atoms with E-state index in [4.69, 9.17) is 14.2 Å². The Bertz CT molecular complexity index is 1090. The lowest BCUT2D eigenvalue weighted by Crippen LogP contribution is -2.39. The van der Waals surface area contributed by atoms with Crippen LogP contribution in [0.3, 0.4) is 0 Å². The van der Waals surface area contributed by atoms with Gasteiger partial charge in [0.2, 0.25) is 0 Å². The predicted molar refractivity (Wildman–Crippen MR) is 111 cm³/mol. The number of sulfonamides is 1. The summed E-state index contributed by atoms with van der Waals surface area (Å²) in [4.78, 5) is 12.0. The molecule has 1 heterocycles. The lowest BCUT2D eigenvalue weighted by atomic mass is 10.2. The standard InChI is InChI=1S/C20H21F3N2O7S/c1-2-30-16-11-13(24-19(26)17-12-29-8-9-31-17)6-7-18(16)33(27,28)25-14-4-3-5-15(10-14)32-20(21,22)23/h3-7,10-11,17,25H,2,8-9,12H2,1H3,(H,24,26). The molecule has 1 aliphatic rings. The van der Waals surface area contributed by atoms with Crippen molar-refractivity contribution in [3.8, 4) is 11.5 Å². The number of carbonyl (C=O) groups excluding carboxylic acids is 1. The van der Waals surface area contributed by atoms with E-state index in [1.54, 1.807) is 6.92 Å². The van der Waals surface area contributed by atoms with Gasteiger partial charge in [-0.05, 0) is 31.2 Å². The third kappa shape index (κ3) is 6.97. The van der Waals surface area contributed by atoms with E-state index in [1.807, 2.05) is 0 Å². The molecule has 33 heavy (non-hydrogen) atoms. The summed E-state index contributed by atoms with van der Waals surface area (Å²) in [5.41, 5.74) is 0.114. The molecule has 1 atom stereocenters. The number of benzene rings is 2. The molecule has 2 N–H and O–H groups in total. The molecule has 0 radical (unpaired) electrons. The van der Waals surface area contributed by atoms with Crippen molar-refractivity contribution in [3.63, 3.8) is 0 Å². The van der Waals surface area contributed by atoms with Gasteiger partial charge in [0.25, 0.3) is 15.9 Å². The van der Waals surface area contributed by atoms with E-state index in [1.165, 1.54) is 30.3 Å². The van der Waals surface area contributed by atoms with Crippen molar-refractivity contribution < 1.29 is 45.3 Å². The highest BCUT2D eigenvalue weighted by atomic mass is 32.2. The first kappa shape index (κ1) is 24.6. The molecule has 1 unspecified atom stereocenters. The Kier molecular flexibility index (Phi) is 7.66. The van der Waals surface area contributed by atoms with Crippen LogP contribution in [0.5, 0.6) is 11.5 Å². The van der Waals surface area contributed by atoms with Crippen molar-refractivity contribution >= 4 is 27.3 Å². The molecule has 1 amide bonds. The number of alkyl halides is 3. The molecule has 0 aromatic heterocycles. The lowest BCUT2D eigenvalue weighted by molar-refractivity contribution is -0.274. The van der Waals surface area contributed by atoms with Gasteiger partial charge in [0, 0.05) is 17.8 Å². The SMILES string of the molecule is CCOc1cc(NC(=O)C2COCCO2)ccc1S(=O)(=O)Nc1cccc(OC(F)(F)F)c1. The third-order valence-corrected chi connectivity index (χ3v) is 5.65. The molecule has 13 heteroatoms. The first-order chi connectivity index (χ1) is 15.6. The average Bonchev–Trinajstić information content (AvgIpc) is 2.73. The number of carbonyl (C=O) groups is 1. The number of nitrogens with one attached hydrogen (secondary N) is 2. The van der Waals surface area contributed by atoms with Crippen molar-refractivity contribution in [1.29, 1.82) is 0 Å². The molecule has 2 aromatic rings. The van der Waals surface area contributed by atoms with Gasteiger partial charge < -0.3 is 24.3 Å². The summed E-state index contributed by atoms with van der Waals surface area (Å²) in [7, 11) is -4.26. The maximum Gasteiger partial charge on any atom is 0.573 e. The van der Waals surface area contributed by atoms with Gasteiger partial charge in [-0.1, -0.05) is 6.07 Å². The minimum atomic E-state index is -4.92. The largest absolute Gasteiger partial charge is 0.573 e. The minimum Gasteiger partial charge on any atom is -0.492 e. The van der Waals surface area contributed by atoms with Crippen LogP contribution >= 0.6 is 0 Å². The molecule has 0 spiro atoms. The minimum absolute atomic E-state index is 0.0636. The van der Waals surface area contributed by atoms with E-state index < -0.39 is 34.1 Å². The van der Waals surface area contributed by atoms with Crippen LogP contribution in [0, 0.1) is 0 Å². The van der Waals surface area contributed by atoms with Crippen LogP contribution in [0.4, 0.5) is 24.5 Å². The number of rotatable bonds is 8. The van der Waals surface area contributed by atoms with Crippen molar-refractivity contribution in [1.82, 2.24) is 0 Å². The molecule has 1 fully saturated rings. The highest BCUT2D eigenvalue weighted by Gasteiger charge is 2.31. The Morgan fingerprint density at radius 1 is 1.15 bits per heavy atom. The second-order valence-electron chi connectivity index (χ2n) is 6.70. The fourth-order valence-corrected chi connectivity index (χ4v) is 4.08. The van der Waals surface area contributed by atoms with Crippen molar-refractivity contribution in [2.24, 2.45) is 0 Å². The van der Waals surface area contributed by atoms with Gasteiger partial charge in [0.1, 0.15) is 16.4 Å². The zero-order valence-electron chi connectivity index (χ0n) is 17.3. The molecule has 1 saturated heterocycles. The summed E-state index contributed by atoms with van der Waals surface area (Å²) in [6.45, 7) is 2.52. The monoisotopic (exact) mass is 490 g/mol. The van der Waals surface area contributed by atoms with Gasteiger partial charge >= 0.3 is 6.36 Å².